The SMILES string of the molecule is CO[C@@H](C)[C@@H]1COc2c(nc(N)nc2N2CC[C@@H](N)C2)N1. The molecule has 8 heteroatoms. The molecule has 116 valence electrons. The molecule has 1 saturated heterocycles. The molecule has 0 spiro atoms. The average Bonchev–Trinajstić information content (AvgIpc) is 2.91. The van der Waals surface area contributed by atoms with Gasteiger partial charge in [0.25, 0.3) is 0 Å². The van der Waals surface area contributed by atoms with Crippen molar-refractivity contribution in [2.45, 2.75) is 31.5 Å². The highest BCUT2D eigenvalue weighted by atomic mass is 16.5. The lowest BCUT2D eigenvalue weighted by Crippen LogP contribution is -2.42. The standard InChI is InChI=1S/C13H22N6O2/c1-7(20-2)9-6-21-10-11(16-9)17-13(15)18-12(10)19-4-3-8(14)5-19/h7-9H,3-6,14H2,1-2H3,(H3,15,16,17,18)/t7-,8+,9-/m0/s1. The minimum atomic E-state index is 0.0120. The van der Waals surface area contributed by atoms with E-state index in [0.717, 1.165) is 25.3 Å². The van der Waals surface area contributed by atoms with Crippen LogP contribution < -0.4 is 26.4 Å². The van der Waals surface area contributed by atoms with Crippen molar-refractivity contribution in [1.29, 1.82) is 0 Å². The summed E-state index contributed by atoms with van der Waals surface area (Å²) in [6.45, 7) is 4.09. The molecule has 0 unspecified atom stereocenters. The van der Waals surface area contributed by atoms with Crippen LogP contribution in [0.15, 0.2) is 0 Å². The second kappa shape index (κ2) is 5.53. The first kappa shape index (κ1) is 14.2. The Kier molecular flexibility index (Phi) is 3.73. The number of hydrogen-bond acceptors (Lipinski definition) is 8. The minimum Gasteiger partial charge on any atom is -0.484 e. The smallest absolute Gasteiger partial charge is 0.224 e. The zero-order valence-corrected chi connectivity index (χ0v) is 12.4. The zero-order chi connectivity index (χ0) is 15.0. The summed E-state index contributed by atoms with van der Waals surface area (Å²) < 4.78 is 11.2. The first-order chi connectivity index (χ1) is 10.1. The number of rotatable bonds is 3. The van der Waals surface area contributed by atoms with Gasteiger partial charge in [-0.2, -0.15) is 9.97 Å². The second-order valence-corrected chi connectivity index (χ2v) is 5.58. The molecule has 1 aromatic rings. The lowest BCUT2D eigenvalue weighted by molar-refractivity contribution is 0.0804. The van der Waals surface area contributed by atoms with Crippen LogP contribution in [0.2, 0.25) is 0 Å². The number of hydrogen-bond donors (Lipinski definition) is 3. The van der Waals surface area contributed by atoms with Gasteiger partial charge in [-0.25, -0.2) is 0 Å². The summed E-state index contributed by atoms with van der Waals surface area (Å²) >= 11 is 0. The van der Waals surface area contributed by atoms with E-state index in [1.54, 1.807) is 7.11 Å². The zero-order valence-electron chi connectivity index (χ0n) is 12.4. The monoisotopic (exact) mass is 294 g/mol. The summed E-state index contributed by atoms with van der Waals surface area (Å²) in [5, 5.41) is 3.32. The Labute approximate surface area is 123 Å². The topological polar surface area (TPSA) is 112 Å². The average molecular weight is 294 g/mol. The molecule has 5 N–H and O–H groups in total. The van der Waals surface area contributed by atoms with Gasteiger partial charge in [0.05, 0.1) is 12.1 Å². The lowest BCUT2D eigenvalue weighted by Gasteiger charge is -2.32. The van der Waals surface area contributed by atoms with Gasteiger partial charge in [-0.1, -0.05) is 0 Å². The quantitative estimate of drug-likeness (QED) is 0.703. The van der Waals surface area contributed by atoms with Crippen molar-refractivity contribution in [2.75, 3.05) is 42.8 Å². The van der Waals surface area contributed by atoms with Crippen LogP contribution in [0.25, 0.3) is 0 Å². The molecule has 0 aromatic carbocycles. The van der Waals surface area contributed by atoms with Crippen LogP contribution in [0, 0.1) is 0 Å². The normalized spacial score (nSPS) is 26.0. The van der Waals surface area contributed by atoms with E-state index in [4.69, 9.17) is 20.9 Å². The molecule has 0 amide bonds. The van der Waals surface area contributed by atoms with Crippen molar-refractivity contribution in [2.24, 2.45) is 5.73 Å². The molecule has 21 heavy (non-hydrogen) atoms. The first-order valence-corrected chi connectivity index (χ1v) is 7.18. The lowest BCUT2D eigenvalue weighted by atomic mass is 10.1. The number of nitrogens with two attached hydrogens (primary N) is 2. The number of anilines is 3. The van der Waals surface area contributed by atoms with Crippen LogP contribution in [0.3, 0.4) is 0 Å². The maximum absolute atomic E-state index is 5.97. The van der Waals surface area contributed by atoms with Crippen molar-refractivity contribution in [3.8, 4) is 5.75 Å². The number of nitrogens with zero attached hydrogens (tertiary/aromatic N) is 3. The maximum Gasteiger partial charge on any atom is 0.224 e. The Bertz CT molecular complexity index is 526. The third-order valence-corrected chi connectivity index (χ3v) is 4.06. The number of nitrogens with one attached hydrogen (secondary N) is 1. The van der Waals surface area contributed by atoms with Crippen molar-refractivity contribution in [3.05, 3.63) is 0 Å². The highest BCUT2D eigenvalue weighted by Crippen LogP contribution is 2.38. The molecule has 1 fully saturated rings. The Morgan fingerprint density at radius 1 is 1.48 bits per heavy atom. The third-order valence-electron chi connectivity index (χ3n) is 4.06. The molecule has 0 bridgehead atoms. The Morgan fingerprint density at radius 3 is 2.95 bits per heavy atom. The van der Waals surface area contributed by atoms with Gasteiger partial charge in [0, 0.05) is 26.2 Å². The van der Waals surface area contributed by atoms with E-state index in [1.165, 1.54) is 0 Å². The number of methoxy groups -OCH3 is 1. The highest BCUT2D eigenvalue weighted by molar-refractivity contribution is 5.69. The van der Waals surface area contributed by atoms with Gasteiger partial charge >= 0.3 is 0 Å². The van der Waals surface area contributed by atoms with E-state index < -0.39 is 0 Å². The molecule has 0 radical (unpaired) electrons. The van der Waals surface area contributed by atoms with Gasteiger partial charge in [-0.15, -0.1) is 0 Å². The van der Waals surface area contributed by atoms with Crippen LogP contribution in [0.4, 0.5) is 17.6 Å². The first-order valence-electron chi connectivity index (χ1n) is 7.18. The molecular formula is C13H22N6O2. The van der Waals surface area contributed by atoms with E-state index in [1.807, 2.05) is 6.92 Å². The van der Waals surface area contributed by atoms with Crippen molar-refractivity contribution in [3.63, 3.8) is 0 Å². The molecule has 1 aromatic heterocycles. The summed E-state index contributed by atoms with van der Waals surface area (Å²) in [6.07, 6.45) is 0.952. The van der Waals surface area contributed by atoms with Crippen LogP contribution in [-0.4, -0.2) is 55.0 Å². The molecule has 0 saturated carbocycles. The number of fused-ring (bicyclic) bond motifs is 1. The molecular weight excluding hydrogens is 272 g/mol. The van der Waals surface area contributed by atoms with Gasteiger partial charge in [0.15, 0.2) is 11.6 Å². The predicted octanol–water partition coefficient (Wildman–Crippen LogP) is -0.196. The highest BCUT2D eigenvalue weighted by Gasteiger charge is 2.31. The second-order valence-electron chi connectivity index (χ2n) is 5.58. The molecule has 0 aliphatic carbocycles. The van der Waals surface area contributed by atoms with Crippen molar-refractivity contribution in [1.82, 2.24) is 9.97 Å². The van der Waals surface area contributed by atoms with E-state index in [9.17, 15) is 0 Å². The summed E-state index contributed by atoms with van der Waals surface area (Å²) in [6, 6.07) is 0.195. The van der Waals surface area contributed by atoms with E-state index in [2.05, 4.69) is 20.2 Å². The summed E-state index contributed by atoms with van der Waals surface area (Å²) in [4.78, 5) is 10.7. The van der Waals surface area contributed by atoms with Crippen LogP contribution >= 0.6 is 0 Å². The summed E-state index contributed by atoms with van der Waals surface area (Å²) in [5.41, 5.74) is 11.8. The largest absolute Gasteiger partial charge is 0.484 e. The van der Waals surface area contributed by atoms with Gasteiger partial charge < -0.3 is 31.2 Å². The van der Waals surface area contributed by atoms with Gasteiger partial charge in [-0.3, -0.25) is 0 Å². The number of ether oxygens (including phenoxy) is 2. The molecule has 2 aliphatic heterocycles. The van der Waals surface area contributed by atoms with E-state index in [0.29, 0.717) is 18.2 Å². The maximum atomic E-state index is 5.97. The van der Waals surface area contributed by atoms with Gasteiger partial charge in [0.2, 0.25) is 11.7 Å². The van der Waals surface area contributed by atoms with Gasteiger partial charge in [-0.05, 0) is 13.3 Å². The van der Waals surface area contributed by atoms with E-state index >= 15 is 0 Å². The number of aromatic nitrogens is 2. The molecule has 8 nitrogen and oxygen atoms in total. The van der Waals surface area contributed by atoms with Crippen molar-refractivity contribution >= 4 is 17.6 Å². The number of nitrogen functional groups attached to an aromatic ring is 1. The Morgan fingerprint density at radius 2 is 2.29 bits per heavy atom. The van der Waals surface area contributed by atoms with Gasteiger partial charge in [0.1, 0.15) is 6.61 Å². The Hall–Kier alpha value is -1.80. The predicted molar refractivity (Wildman–Crippen MR) is 80.6 cm³/mol. The summed E-state index contributed by atoms with van der Waals surface area (Å²) in [5.74, 6) is 2.23. The third kappa shape index (κ3) is 2.68. The fourth-order valence-electron chi connectivity index (χ4n) is 2.69. The van der Waals surface area contributed by atoms with Crippen LogP contribution in [-0.2, 0) is 4.74 Å². The fourth-order valence-corrected chi connectivity index (χ4v) is 2.69. The van der Waals surface area contributed by atoms with E-state index in [-0.39, 0.29) is 24.1 Å². The molecule has 3 heterocycles. The van der Waals surface area contributed by atoms with Crippen molar-refractivity contribution < 1.29 is 9.47 Å². The summed E-state index contributed by atoms with van der Waals surface area (Å²) in [7, 11) is 1.67. The minimum absolute atomic E-state index is 0.0120. The van der Waals surface area contributed by atoms with Crippen LogP contribution in [0.1, 0.15) is 13.3 Å². The molecule has 2 aliphatic rings. The molecule has 3 rings (SSSR count). The van der Waals surface area contributed by atoms with Crippen LogP contribution in [0.5, 0.6) is 5.75 Å². The fraction of sp³-hybridized carbons (Fsp3) is 0.692. The Balaban J connectivity index is 1.89. The molecule has 3 atom stereocenters.